The monoisotopic (exact) mass is 598 g/mol. The van der Waals surface area contributed by atoms with Crippen molar-refractivity contribution in [3.63, 3.8) is 0 Å². The molecule has 0 unspecified atom stereocenters. The second kappa shape index (κ2) is 15.6. The Morgan fingerprint density at radius 3 is 1.63 bits per heavy atom. The van der Waals surface area contributed by atoms with Gasteiger partial charge in [0.2, 0.25) is 5.91 Å². The van der Waals surface area contributed by atoms with Crippen LogP contribution in [0.4, 0.5) is 4.79 Å². The average molecular weight is 599 g/mol. The first-order valence-corrected chi connectivity index (χ1v) is 14.7. The van der Waals surface area contributed by atoms with Crippen molar-refractivity contribution in [2.24, 2.45) is 0 Å². The van der Waals surface area contributed by atoms with Crippen LogP contribution in [0.25, 0.3) is 0 Å². The first-order chi connectivity index (χ1) is 21.0. The molecule has 0 bridgehead atoms. The molecule has 0 fully saturated rings. The minimum Gasteiger partial charge on any atom is -0.467 e. The maximum absolute atomic E-state index is 13.6. The Kier molecular flexibility index (Phi) is 11.4. The van der Waals surface area contributed by atoms with E-state index in [2.05, 4.69) is 10.6 Å². The summed E-state index contributed by atoms with van der Waals surface area (Å²) in [5.41, 5.74) is 3.72. The van der Waals surface area contributed by atoms with Gasteiger partial charge in [-0.25, -0.2) is 9.59 Å². The molecule has 4 rings (SSSR count). The molecule has 3 N–H and O–H groups in total. The SMILES string of the molecule is COC(=O)[C@H](CO)NC(=O)[C@H](CSC(c1ccccc1)(c1ccccc1)c1ccccc1)NC(=O)OCc1ccccc1. The van der Waals surface area contributed by atoms with Crippen molar-refractivity contribution in [3.05, 3.63) is 144 Å². The number of carbonyl (C=O) groups is 3. The first kappa shape index (κ1) is 31.3. The summed E-state index contributed by atoms with van der Waals surface area (Å²) in [7, 11) is 1.16. The van der Waals surface area contributed by atoms with E-state index in [4.69, 9.17) is 9.47 Å². The summed E-state index contributed by atoms with van der Waals surface area (Å²) in [5, 5.41) is 14.9. The smallest absolute Gasteiger partial charge is 0.408 e. The van der Waals surface area contributed by atoms with E-state index < -0.39 is 41.4 Å². The number of carbonyl (C=O) groups excluding carboxylic acids is 3. The number of ether oxygens (including phenoxy) is 2. The van der Waals surface area contributed by atoms with Gasteiger partial charge in [0.15, 0.2) is 6.04 Å². The molecule has 0 aliphatic heterocycles. The zero-order chi connectivity index (χ0) is 30.5. The molecule has 2 amide bonds. The lowest BCUT2D eigenvalue weighted by atomic mass is 9.84. The van der Waals surface area contributed by atoms with Crippen LogP contribution in [0.5, 0.6) is 0 Å². The highest BCUT2D eigenvalue weighted by molar-refractivity contribution is 8.00. The molecule has 0 spiro atoms. The zero-order valence-corrected chi connectivity index (χ0v) is 24.5. The number of aliphatic hydroxyl groups is 1. The van der Waals surface area contributed by atoms with E-state index in [0.29, 0.717) is 0 Å². The maximum Gasteiger partial charge on any atom is 0.408 e. The van der Waals surface area contributed by atoms with E-state index in [-0.39, 0.29) is 12.4 Å². The van der Waals surface area contributed by atoms with Gasteiger partial charge in [-0.15, -0.1) is 11.8 Å². The predicted octanol–water partition coefficient (Wildman–Crippen LogP) is 4.66. The highest BCUT2D eigenvalue weighted by atomic mass is 32.2. The maximum atomic E-state index is 13.6. The van der Waals surface area contributed by atoms with Crippen LogP contribution in [0, 0.1) is 0 Å². The first-order valence-electron chi connectivity index (χ1n) is 13.7. The number of rotatable bonds is 13. The third kappa shape index (κ3) is 8.03. The Bertz CT molecular complexity index is 1360. The molecule has 2 atom stereocenters. The normalized spacial score (nSPS) is 12.4. The molecule has 0 aliphatic carbocycles. The van der Waals surface area contributed by atoms with Gasteiger partial charge in [-0.2, -0.15) is 0 Å². The van der Waals surface area contributed by atoms with Gasteiger partial charge in [-0.3, -0.25) is 4.79 Å². The molecule has 8 nitrogen and oxygen atoms in total. The highest BCUT2D eigenvalue weighted by Crippen LogP contribution is 2.48. The molecule has 0 saturated carbocycles. The van der Waals surface area contributed by atoms with Crippen molar-refractivity contribution in [1.82, 2.24) is 10.6 Å². The molecule has 0 heterocycles. The van der Waals surface area contributed by atoms with E-state index in [1.54, 1.807) is 0 Å². The quantitative estimate of drug-likeness (QED) is 0.152. The lowest BCUT2D eigenvalue weighted by Crippen LogP contribution is -2.54. The summed E-state index contributed by atoms with van der Waals surface area (Å²) < 4.78 is 9.36. The number of methoxy groups -OCH3 is 1. The van der Waals surface area contributed by atoms with Gasteiger partial charge in [0, 0.05) is 5.75 Å². The lowest BCUT2D eigenvalue weighted by molar-refractivity contribution is -0.146. The van der Waals surface area contributed by atoms with Crippen molar-refractivity contribution < 1.29 is 29.0 Å². The van der Waals surface area contributed by atoms with Crippen molar-refractivity contribution in [2.45, 2.75) is 23.4 Å². The fraction of sp³-hybridized carbons (Fsp3) is 0.206. The van der Waals surface area contributed by atoms with E-state index >= 15 is 0 Å². The molecule has 0 radical (unpaired) electrons. The van der Waals surface area contributed by atoms with E-state index in [1.165, 1.54) is 11.8 Å². The molecular weight excluding hydrogens is 564 g/mol. The van der Waals surface area contributed by atoms with Gasteiger partial charge < -0.3 is 25.2 Å². The summed E-state index contributed by atoms with van der Waals surface area (Å²) in [4.78, 5) is 38.6. The predicted molar refractivity (Wildman–Crippen MR) is 166 cm³/mol. The Labute approximate surface area is 255 Å². The lowest BCUT2D eigenvalue weighted by Gasteiger charge is -2.36. The summed E-state index contributed by atoms with van der Waals surface area (Å²) in [6.07, 6.45) is -0.798. The molecule has 9 heteroatoms. The van der Waals surface area contributed by atoms with Crippen molar-refractivity contribution in [1.29, 1.82) is 0 Å². The van der Waals surface area contributed by atoms with Gasteiger partial charge in [0.25, 0.3) is 0 Å². The Balaban J connectivity index is 1.68. The molecule has 4 aromatic rings. The third-order valence-corrected chi connectivity index (χ3v) is 8.45. The second-order valence-electron chi connectivity index (χ2n) is 9.62. The summed E-state index contributed by atoms with van der Waals surface area (Å²) in [6.45, 7) is -0.656. The van der Waals surface area contributed by atoms with Crippen LogP contribution in [-0.2, 0) is 30.4 Å². The fourth-order valence-electron chi connectivity index (χ4n) is 4.66. The van der Waals surface area contributed by atoms with Crippen LogP contribution < -0.4 is 10.6 Å². The van der Waals surface area contributed by atoms with Crippen LogP contribution >= 0.6 is 11.8 Å². The fourth-order valence-corrected chi connectivity index (χ4v) is 6.22. The highest BCUT2D eigenvalue weighted by Gasteiger charge is 2.39. The largest absolute Gasteiger partial charge is 0.467 e. The van der Waals surface area contributed by atoms with Crippen LogP contribution in [0.15, 0.2) is 121 Å². The van der Waals surface area contributed by atoms with Crippen molar-refractivity contribution >= 4 is 29.7 Å². The number of nitrogens with one attached hydrogen (secondary N) is 2. The third-order valence-electron chi connectivity index (χ3n) is 6.81. The van der Waals surface area contributed by atoms with E-state index in [1.807, 2.05) is 121 Å². The number of amides is 2. The number of hydrogen-bond acceptors (Lipinski definition) is 7. The molecule has 0 aliphatic rings. The van der Waals surface area contributed by atoms with Gasteiger partial charge in [0.05, 0.1) is 18.5 Å². The van der Waals surface area contributed by atoms with Crippen molar-refractivity contribution in [2.75, 3.05) is 19.5 Å². The van der Waals surface area contributed by atoms with Gasteiger partial charge in [-0.1, -0.05) is 121 Å². The molecule has 4 aromatic carbocycles. The molecular formula is C34H34N2O6S. The average Bonchev–Trinajstić information content (AvgIpc) is 3.07. The van der Waals surface area contributed by atoms with Crippen LogP contribution in [-0.4, -0.2) is 54.6 Å². The van der Waals surface area contributed by atoms with Crippen LogP contribution in [0.3, 0.4) is 0 Å². The number of hydrogen-bond donors (Lipinski definition) is 3. The van der Waals surface area contributed by atoms with Gasteiger partial charge >= 0.3 is 12.1 Å². The number of thioether (sulfide) groups is 1. The molecule has 0 saturated heterocycles. The Morgan fingerprint density at radius 1 is 0.721 bits per heavy atom. The number of benzene rings is 4. The Morgan fingerprint density at radius 2 is 1.19 bits per heavy atom. The minimum absolute atomic E-state index is 0.0115. The van der Waals surface area contributed by atoms with E-state index in [0.717, 1.165) is 29.4 Å². The summed E-state index contributed by atoms with van der Waals surface area (Å²) in [5.74, 6) is -1.39. The minimum atomic E-state index is -1.30. The summed E-state index contributed by atoms with van der Waals surface area (Å²) >= 11 is 1.46. The topological polar surface area (TPSA) is 114 Å². The number of esters is 1. The molecule has 43 heavy (non-hydrogen) atoms. The van der Waals surface area contributed by atoms with Gasteiger partial charge in [0.1, 0.15) is 12.6 Å². The molecule has 0 aromatic heterocycles. The summed E-state index contributed by atoms with van der Waals surface area (Å²) in [6, 6.07) is 36.5. The van der Waals surface area contributed by atoms with E-state index in [9.17, 15) is 19.5 Å². The van der Waals surface area contributed by atoms with Crippen LogP contribution in [0.1, 0.15) is 22.3 Å². The zero-order valence-electron chi connectivity index (χ0n) is 23.7. The Hall–Kier alpha value is -4.60. The number of alkyl carbamates (subject to hydrolysis) is 1. The van der Waals surface area contributed by atoms with Crippen molar-refractivity contribution in [3.8, 4) is 0 Å². The molecule has 222 valence electrons. The number of aliphatic hydroxyl groups excluding tert-OH is 1. The van der Waals surface area contributed by atoms with Gasteiger partial charge in [-0.05, 0) is 22.3 Å². The van der Waals surface area contributed by atoms with Crippen LogP contribution in [0.2, 0.25) is 0 Å². The second-order valence-corrected chi connectivity index (χ2v) is 10.9. The standard InChI is InChI=1S/C34H34N2O6S/c1-41-32(39)29(22-37)35-31(38)30(36-33(40)42-23-25-14-6-2-7-15-25)24-43-34(26-16-8-3-9-17-26,27-18-10-4-11-19-27)28-20-12-5-13-21-28/h2-21,29-30,37H,22-24H2,1H3,(H,35,38)(H,36,40)/t29-,30-/m0/s1.